The van der Waals surface area contributed by atoms with Crippen molar-refractivity contribution in [3.8, 4) is 0 Å². The van der Waals surface area contributed by atoms with Gasteiger partial charge in [-0.15, -0.1) is 0 Å². The third kappa shape index (κ3) is 3.94. The third-order valence-corrected chi connectivity index (χ3v) is 6.13. The molecule has 0 aromatic heterocycles. The molecule has 2 atom stereocenters. The molecule has 0 saturated heterocycles. The van der Waals surface area contributed by atoms with Crippen molar-refractivity contribution in [2.75, 3.05) is 0 Å². The van der Waals surface area contributed by atoms with E-state index in [-0.39, 0.29) is 20.9 Å². The highest BCUT2D eigenvalue weighted by Gasteiger charge is 2.28. The Balaban J connectivity index is 2.30. The van der Waals surface area contributed by atoms with Gasteiger partial charge in [-0.2, -0.15) is 0 Å². The highest BCUT2D eigenvalue weighted by molar-refractivity contribution is 7.89. The number of rotatable bonds is 4. The zero-order valence-electron chi connectivity index (χ0n) is 11.8. The topological polar surface area (TPSA) is 72.2 Å². The van der Waals surface area contributed by atoms with Gasteiger partial charge in [0.05, 0.1) is 5.02 Å². The second-order valence-electron chi connectivity index (χ2n) is 5.50. The Morgan fingerprint density at radius 2 is 2.05 bits per heavy atom. The van der Waals surface area contributed by atoms with Crippen LogP contribution in [0.2, 0.25) is 5.02 Å². The molecule has 116 valence electrons. The van der Waals surface area contributed by atoms with Gasteiger partial charge in [-0.05, 0) is 30.9 Å². The highest BCUT2D eigenvalue weighted by atomic mass is 35.5. The predicted octanol–water partition coefficient (Wildman–Crippen LogP) is 2.83. The van der Waals surface area contributed by atoms with Gasteiger partial charge >= 0.3 is 0 Å². The number of halogens is 1. The summed E-state index contributed by atoms with van der Waals surface area (Å²) in [6.07, 6.45) is 4.08. The Labute approximate surface area is 136 Å². The lowest BCUT2D eigenvalue weighted by atomic mass is 9.87. The van der Waals surface area contributed by atoms with Gasteiger partial charge in [-0.3, -0.25) is 0 Å². The Bertz CT molecular complexity index is 646. The van der Waals surface area contributed by atoms with E-state index in [1.165, 1.54) is 12.1 Å². The lowest BCUT2D eigenvalue weighted by molar-refractivity contribution is 0.310. The molecule has 1 saturated carbocycles. The molecule has 0 radical (unpaired) electrons. The van der Waals surface area contributed by atoms with E-state index in [9.17, 15) is 8.42 Å². The van der Waals surface area contributed by atoms with Crippen molar-refractivity contribution < 1.29 is 8.42 Å². The van der Waals surface area contributed by atoms with E-state index in [1.54, 1.807) is 6.07 Å². The molecule has 0 heterocycles. The smallest absolute Gasteiger partial charge is 0.242 e. The molecule has 0 bridgehead atoms. The molecule has 21 heavy (non-hydrogen) atoms. The maximum atomic E-state index is 12.6. The van der Waals surface area contributed by atoms with Crippen molar-refractivity contribution >= 4 is 38.8 Å². The molecular formula is C14H19ClN2O2S2. The van der Waals surface area contributed by atoms with Crippen LogP contribution in [0, 0.1) is 5.92 Å². The van der Waals surface area contributed by atoms with Crippen molar-refractivity contribution in [1.82, 2.24) is 4.72 Å². The number of thiocarbonyl (C=S) groups is 1. The first-order valence-electron chi connectivity index (χ1n) is 6.93. The first-order chi connectivity index (χ1) is 9.81. The Kier molecular flexibility index (Phi) is 5.24. The van der Waals surface area contributed by atoms with Gasteiger partial charge in [0.15, 0.2) is 0 Å². The summed E-state index contributed by atoms with van der Waals surface area (Å²) in [7, 11) is -3.68. The van der Waals surface area contributed by atoms with Crippen LogP contribution in [0.1, 0.15) is 38.2 Å². The lowest BCUT2D eigenvalue weighted by Crippen LogP contribution is -2.41. The summed E-state index contributed by atoms with van der Waals surface area (Å²) < 4.78 is 27.9. The normalized spacial score (nSPS) is 23.0. The minimum Gasteiger partial charge on any atom is -0.389 e. The van der Waals surface area contributed by atoms with Crippen LogP contribution in [0.4, 0.5) is 0 Å². The first-order valence-corrected chi connectivity index (χ1v) is 9.20. The van der Waals surface area contributed by atoms with E-state index >= 15 is 0 Å². The van der Waals surface area contributed by atoms with E-state index in [0.717, 1.165) is 25.7 Å². The molecule has 0 spiro atoms. The molecule has 2 rings (SSSR count). The average Bonchev–Trinajstić information content (AvgIpc) is 2.41. The van der Waals surface area contributed by atoms with Crippen LogP contribution in [0.15, 0.2) is 23.1 Å². The monoisotopic (exact) mass is 346 g/mol. The first kappa shape index (κ1) is 16.7. The number of sulfonamides is 1. The fourth-order valence-electron chi connectivity index (χ4n) is 2.62. The standard InChI is InChI=1S/C14H19ClN2O2S2/c1-9-4-2-3-5-12(9)17-21(18,19)13-8-10(14(16)20)6-7-11(13)15/h6-9,12,17H,2-5H2,1H3,(H2,16,20). The second-order valence-corrected chi connectivity index (χ2v) is 8.03. The number of nitrogens with two attached hydrogens (primary N) is 1. The number of benzene rings is 1. The maximum Gasteiger partial charge on any atom is 0.242 e. The van der Waals surface area contributed by atoms with Crippen molar-refractivity contribution in [3.05, 3.63) is 28.8 Å². The summed E-state index contributed by atoms with van der Waals surface area (Å²) in [5, 5.41) is 0.172. The van der Waals surface area contributed by atoms with Crippen LogP contribution in [-0.4, -0.2) is 19.4 Å². The molecule has 3 N–H and O–H groups in total. The predicted molar refractivity (Wildman–Crippen MR) is 89.1 cm³/mol. The molecule has 7 heteroatoms. The van der Waals surface area contributed by atoms with E-state index in [4.69, 9.17) is 29.6 Å². The van der Waals surface area contributed by atoms with E-state index in [1.807, 2.05) is 0 Å². The van der Waals surface area contributed by atoms with Crippen LogP contribution in [0.25, 0.3) is 0 Å². The molecule has 2 unspecified atom stereocenters. The minimum absolute atomic E-state index is 0.0345. The zero-order chi connectivity index (χ0) is 15.6. The van der Waals surface area contributed by atoms with Crippen molar-refractivity contribution in [3.63, 3.8) is 0 Å². The number of hydrogen-bond donors (Lipinski definition) is 2. The largest absolute Gasteiger partial charge is 0.389 e. The van der Waals surface area contributed by atoms with Crippen LogP contribution in [-0.2, 0) is 10.0 Å². The van der Waals surface area contributed by atoms with Gasteiger partial charge in [0.25, 0.3) is 0 Å². The SMILES string of the molecule is CC1CCCCC1NS(=O)(=O)c1cc(C(N)=S)ccc1Cl. The maximum absolute atomic E-state index is 12.6. The Hall–Kier alpha value is -0.690. The molecular weight excluding hydrogens is 328 g/mol. The summed E-state index contributed by atoms with van der Waals surface area (Å²) in [5.41, 5.74) is 6.05. The summed E-state index contributed by atoms with van der Waals surface area (Å²) in [6, 6.07) is 4.51. The van der Waals surface area contributed by atoms with Gasteiger partial charge in [-0.1, -0.05) is 49.7 Å². The Morgan fingerprint density at radius 1 is 1.38 bits per heavy atom. The fraction of sp³-hybridized carbons (Fsp3) is 0.500. The van der Waals surface area contributed by atoms with E-state index < -0.39 is 10.0 Å². The summed E-state index contributed by atoms with van der Waals surface area (Å²) in [4.78, 5) is 0.182. The molecule has 1 fully saturated rings. The molecule has 4 nitrogen and oxygen atoms in total. The molecule has 0 aliphatic heterocycles. The molecule has 1 aromatic rings. The van der Waals surface area contributed by atoms with Gasteiger partial charge in [-0.25, -0.2) is 13.1 Å². The number of hydrogen-bond acceptors (Lipinski definition) is 3. The quantitative estimate of drug-likeness (QED) is 0.822. The summed E-state index contributed by atoms with van der Waals surface area (Å²) in [6.45, 7) is 2.07. The van der Waals surface area contributed by atoms with Gasteiger partial charge in [0.2, 0.25) is 10.0 Å². The van der Waals surface area contributed by atoms with Gasteiger partial charge in [0.1, 0.15) is 9.88 Å². The summed E-state index contributed by atoms with van der Waals surface area (Å²) >= 11 is 10.9. The number of nitrogens with one attached hydrogen (secondary N) is 1. The highest BCUT2D eigenvalue weighted by Crippen LogP contribution is 2.27. The van der Waals surface area contributed by atoms with Crippen molar-refractivity contribution in [2.24, 2.45) is 11.7 Å². The molecule has 1 aliphatic carbocycles. The zero-order valence-corrected chi connectivity index (χ0v) is 14.2. The second kappa shape index (κ2) is 6.60. The molecule has 1 aromatic carbocycles. The van der Waals surface area contributed by atoms with Crippen LogP contribution in [0.3, 0.4) is 0 Å². The third-order valence-electron chi connectivity index (χ3n) is 3.92. The van der Waals surface area contributed by atoms with E-state index in [2.05, 4.69) is 11.6 Å². The van der Waals surface area contributed by atoms with Crippen molar-refractivity contribution in [2.45, 2.75) is 43.5 Å². The fourth-order valence-corrected chi connectivity index (χ4v) is 4.65. The molecule has 1 aliphatic rings. The van der Waals surface area contributed by atoms with Gasteiger partial charge in [0, 0.05) is 11.6 Å². The average molecular weight is 347 g/mol. The minimum atomic E-state index is -3.68. The Morgan fingerprint density at radius 3 is 2.67 bits per heavy atom. The van der Waals surface area contributed by atoms with Crippen LogP contribution < -0.4 is 10.5 Å². The summed E-state index contributed by atoms with van der Waals surface area (Å²) in [5.74, 6) is 0.325. The van der Waals surface area contributed by atoms with E-state index in [0.29, 0.717) is 11.5 Å². The molecule has 0 amide bonds. The van der Waals surface area contributed by atoms with Gasteiger partial charge < -0.3 is 5.73 Å². The lowest BCUT2D eigenvalue weighted by Gasteiger charge is -2.29. The van der Waals surface area contributed by atoms with Crippen LogP contribution >= 0.6 is 23.8 Å². The van der Waals surface area contributed by atoms with Crippen LogP contribution in [0.5, 0.6) is 0 Å². The van der Waals surface area contributed by atoms with Crippen molar-refractivity contribution in [1.29, 1.82) is 0 Å².